The molecule has 0 bridgehead atoms. The minimum absolute atomic E-state index is 0.0982. The molecule has 0 radical (unpaired) electrons. The van der Waals surface area contributed by atoms with Crippen LogP contribution >= 0.6 is 12.3 Å². The lowest BCUT2D eigenvalue weighted by atomic mass is 9.93. The normalized spacial score (nSPS) is 38.8. The molecule has 10 atom stereocenters. The molecule has 2 saturated heterocycles. The fraction of sp³-hybridized carbons (Fsp3) is 0.929. The Labute approximate surface area is 203 Å². The quantitative estimate of drug-likeness (QED) is 0.0942. The standard InChI is InChI=1S/C14H25NO17S3/c1-4-6(15-34(21,22)23)7(16)9(5(29-4)3-28-33-20)30-14-11(32-35(24,25)26)8(17)10(27-2)12(31-14)13(18)19/h4-12,14-17,20H,3H2,1-2H3,(H,18,19)(H,21,22,23)(H,24,25,26). The summed E-state index contributed by atoms with van der Waals surface area (Å²) in [5.74, 6) is -1.67. The number of aliphatic hydroxyl groups excluding tert-OH is 2. The molecule has 0 aliphatic carbocycles. The third-order valence-electron chi connectivity index (χ3n) is 5.10. The number of aliphatic carboxylic acids is 1. The maximum Gasteiger partial charge on any atom is 0.397 e. The number of hydrogen-bond acceptors (Lipinski definition) is 15. The second-order valence-corrected chi connectivity index (χ2v) is 10.0. The van der Waals surface area contributed by atoms with Crippen LogP contribution in [-0.4, -0.2) is 127 Å². The summed E-state index contributed by atoms with van der Waals surface area (Å²) in [6, 6.07) is -1.57. The average Bonchev–Trinajstić information content (AvgIpc) is 2.72. The largest absolute Gasteiger partial charge is 0.479 e. The molecule has 2 aliphatic rings. The second-order valence-electron chi connectivity index (χ2n) is 7.39. The molecule has 2 rings (SSSR count). The van der Waals surface area contributed by atoms with Crippen LogP contribution in [0.15, 0.2) is 0 Å². The molecule has 35 heavy (non-hydrogen) atoms. The van der Waals surface area contributed by atoms with Crippen molar-refractivity contribution < 1.29 is 77.9 Å². The van der Waals surface area contributed by atoms with Crippen LogP contribution in [0.2, 0.25) is 0 Å². The minimum Gasteiger partial charge on any atom is -0.479 e. The zero-order valence-electron chi connectivity index (χ0n) is 17.9. The van der Waals surface area contributed by atoms with Crippen molar-refractivity contribution in [2.75, 3.05) is 13.7 Å². The maximum atomic E-state index is 11.6. The summed E-state index contributed by atoms with van der Waals surface area (Å²) in [5, 5.41) is 30.7. The van der Waals surface area contributed by atoms with E-state index in [4.69, 9.17) is 36.8 Å². The average molecular weight is 576 g/mol. The molecule has 18 nitrogen and oxygen atoms in total. The fourth-order valence-corrected chi connectivity index (χ4v) is 5.03. The van der Waals surface area contributed by atoms with Crippen LogP contribution in [0.1, 0.15) is 6.92 Å². The first kappa shape index (κ1) is 30.5. The number of carbonyl (C=O) groups is 1. The van der Waals surface area contributed by atoms with Crippen LogP contribution in [0.4, 0.5) is 0 Å². The lowest BCUT2D eigenvalue weighted by Crippen LogP contribution is -2.67. The third-order valence-corrected chi connectivity index (χ3v) is 6.37. The number of carboxylic acids is 1. The molecule has 10 unspecified atom stereocenters. The Kier molecular flexibility index (Phi) is 10.6. The highest BCUT2D eigenvalue weighted by Gasteiger charge is 2.54. The summed E-state index contributed by atoms with van der Waals surface area (Å²) >= 11 is -0.0982. The van der Waals surface area contributed by atoms with Crippen molar-refractivity contribution in [3.05, 3.63) is 0 Å². The van der Waals surface area contributed by atoms with Gasteiger partial charge in [0.05, 0.1) is 18.8 Å². The second kappa shape index (κ2) is 12.2. The predicted octanol–water partition coefficient (Wildman–Crippen LogP) is -3.21. The Morgan fingerprint density at radius 1 is 1.06 bits per heavy atom. The molecule has 0 aromatic heterocycles. The molecular weight excluding hydrogens is 550 g/mol. The van der Waals surface area contributed by atoms with Gasteiger partial charge in [-0.2, -0.15) is 21.6 Å². The Bertz CT molecular complexity index is 930. The molecule has 2 aliphatic heterocycles. The summed E-state index contributed by atoms with van der Waals surface area (Å²) in [5.41, 5.74) is 0. The van der Waals surface area contributed by atoms with Crippen molar-refractivity contribution in [1.29, 1.82) is 0 Å². The van der Waals surface area contributed by atoms with E-state index in [0.29, 0.717) is 0 Å². The molecule has 0 saturated carbocycles. The van der Waals surface area contributed by atoms with Gasteiger partial charge in [-0.3, -0.25) is 13.3 Å². The minimum atomic E-state index is -5.29. The molecular formula is C14H25NO17S3. The smallest absolute Gasteiger partial charge is 0.397 e. The third kappa shape index (κ3) is 8.11. The van der Waals surface area contributed by atoms with Gasteiger partial charge in [0.2, 0.25) is 0 Å². The van der Waals surface area contributed by atoms with Gasteiger partial charge in [0.25, 0.3) is 0 Å². The zero-order chi connectivity index (χ0) is 26.7. The summed E-state index contributed by atoms with van der Waals surface area (Å²) in [6.07, 6.45) is -16.2. The van der Waals surface area contributed by atoms with E-state index in [1.807, 2.05) is 0 Å². The van der Waals surface area contributed by atoms with E-state index in [2.05, 4.69) is 4.18 Å². The number of methoxy groups -OCH3 is 1. The van der Waals surface area contributed by atoms with Gasteiger partial charge in [0.15, 0.2) is 30.8 Å². The van der Waals surface area contributed by atoms with E-state index in [9.17, 15) is 36.9 Å². The van der Waals surface area contributed by atoms with Crippen molar-refractivity contribution in [2.24, 2.45) is 0 Å². The molecule has 21 heteroatoms. The number of hydrogen-bond donors (Lipinski definition) is 7. The van der Waals surface area contributed by atoms with Crippen LogP contribution in [-0.2, 0) is 52.8 Å². The van der Waals surface area contributed by atoms with E-state index in [0.717, 1.165) is 7.11 Å². The summed E-state index contributed by atoms with van der Waals surface area (Å²) in [7, 11) is -9.19. The lowest BCUT2D eigenvalue weighted by molar-refractivity contribution is -0.327. The van der Waals surface area contributed by atoms with Crippen LogP contribution in [0.3, 0.4) is 0 Å². The number of nitrogens with one attached hydrogen (secondary N) is 1. The summed E-state index contributed by atoms with van der Waals surface area (Å²) < 4.78 is 104. The first-order valence-electron chi connectivity index (χ1n) is 9.51. The van der Waals surface area contributed by atoms with Crippen LogP contribution < -0.4 is 4.72 Å². The summed E-state index contributed by atoms with van der Waals surface area (Å²) in [6.45, 7) is 0.782. The van der Waals surface area contributed by atoms with Crippen LogP contribution in [0.5, 0.6) is 0 Å². The van der Waals surface area contributed by atoms with Gasteiger partial charge in [-0.15, -0.1) is 0 Å². The van der Waals surface area contributed by atoms with E-state index in [1.165, 1.54) is 6.92 Å². The molecule has 2 heterocycles. The van der Waals surface area contributed by atoms with Crippen LogP contribution in [0, 0.1) is 0 Å². The van der Waals surface area contributed by atoms with E-state index >= 15 is 0 Å². The van der Waals surface area contributed by atoms with E-state index in [-0.39, 0.29) is 12.3 Å². The SMILES string of the molecule is COC1C(C(=O)O)OC(OC2C(COSO)OC(C)C(NS(=O)(=O)O)C2O)C(OS(=O)(=O)O)C1O. The molecule has 7 N–H and O–H groups in total. The first-order chi connectivity index (χ1) is 16.1. The van der Waals surface area contributed by atoms with Gasteiger partial charge in [-0.1, -0.05) is 0 Å². The number of carboxylic acid groups (broad SMARTS) is 1. The lowest BCUT2D eigenvalue weighted by Gasteiger charge is -2.47. The Balaban J connectivity index is 2.44. The Morgan fingerprint density at radius 3 is 2.17 bits per heavy atom. The van der Waals surface area contributed by atoms with Gasteiger partial charge < -0.3 is 38.8 Å². The predicted molar refractivity (Wildman–Crippen MR) is 109 cm³/mol. The summed E-state index contributed by atoms with van der Waals surface area (Å²) in [4.78, 5) is 11.6. The number of aliphatic hydroxyl groups is 2. The van der Waals surface area contributed by atoms with Gasteiger partial charge in [-0.25, -0.2) is 8.98 Å². The van der Waals surface area contributed by atoms with E-state index < -0.39 is 94.4 Å². The number of rotatable bonds is 11. The highest BCUT2D eigenvalue weighted by molar-refractivity contribution is 7.88. The topological polar surface area (TPSA) is 274 Å². The van der Waals surface area contributed by atoms with E-state index in [1.54, 1.807) is 4.72 Å². The maximum absolute atomic E-state index is 11.6. The van der Waals surface area contributed by atoms with Crippen molar-refractivity contribution in [3.8, 4) is 0 Å². The van der Waals surface area contributed by atoms with Gasteiger partial charge in [-0.05, 0) is 6.92 Å². The van der Waals surface area contributed by atoms with Crippen molar-refractivity contribution >= 4 is 39.0 Å². The zero-order valence-corrected chi connectivity index (χ0v) is 20.3. The van der Waals surface area contributed by atoms with Gasteiger partial charge >= 0.3 is 26.7 Å². The van der Waals surface area contributed by atoms with Gasteiger partial charge in [0.1, 0.15) is 30.5 Å². The molecule has 0 amide bonds. The van der Waals surface area contributed by atoms with Crippen molar-refractivity contribution in [3.63, 3.8) is 0 Å². The van der Waals surface area contributed by atoms with Crippen molar-refractivity contribution in [1.82, 2.24) is 4.72 Å². The Morgan fingerprint density at radius 2 is 1.69 bits per heavy atom. The monoisotopic (exact) mass is 575 g/mol. The van der Waals surface area contributed by atoms with Crippen LogP contribution in [0.25, 0.3) is 0 Å². The molecule has 0 aromatic rings. The molecule has 0 spiro atoms. The first-order valence-corrected chi connectivity index (χ1v) is 13.0. The molecule has 206 valence electrons. The highest BCUT2D eigenvalue weighted by Crippen LogP contribution is 2.32. The molecule has 2 fully saturated rings. The van der Waals surface area contributed by atoms with Gasteiger partial charge in [0, 0.05) is 7.11 Å². The Hall–Kier alpha value is -0.760. The van der Waals surface area contributed by atoms with Crippen molar-refractivity contribution in [2.45, 2.75) is 68.1 Å². The fourth-order valence-electron chi connectivity index (χ4n) is 3.67. The molecule has 0 aromatic carbocycles. The highest BCUT2D eigenvalue weighted by atomic mass is 32.3. The number of ether oxygens (including phenoxy) is 4.